The van der Waals surface area contributed by atoms with Crippen LogP contribution in [-0.4, -0.2) is 23.5 Å². The molecule has 0 saturated carbocycles. The number of halogens is 3. The number of hydrogen-bond donors (Lipinski definition) is 0. The zero-order valence-electron chi connectivity index (χ0n) is 13.8. The standard InChI is InChI=1S/C20H17F3N2/c1-25-10-9-18-16(12-25)19(13-5-3-2-4-6-13)15-11-14(20(21,22)23)7-8-17(15)24-18/h2-8,11H,9-10,12H2,1H3. The maximum atomic E-state index is 13.2. The van der Waals surface area contributed by atoms with Crippen LogP contribution in [0.3, 0.4) is 0 Å². The van der Waals surface area contributed by atoms with Crippen LogP contribution >= 0.6 is 0 Å². The summed E-state index contributed by atoms with van der Waals surface area (Å²) in [5.41, 5.74) is 3.81. The minimum absolute atomic E-state index is 0.565. The average molecular weight is 342 g/mol. The molecule has 25 heavy (non-hydrogen) atoms. The lowest BCUT2D eigenvalue weighted by molar-refractivity contribution is -0.137. The molecule has 0 radical (unpaired) electrons. The number of nitrogens with zero attached hydrogens (tertiary/aromatic N) is 2. The van der Waals surface area contributed by atoms with E-state index in [1.807, 2.05) is 37.4 Å². The zero-order valence-corrected chi connectivity index (χ0v) is 13.8. The van der Waals surface area contributed by atoms with Crippen LogP contribution < -0.4 is 0 Å². The molecule has 2 aromatic carbocycles. The maximum absolute atomic E-state index is 13.2. The van der Waals surface area contributed by atoms with Gasteiger partial charge in [-0.3, -0.25) is 4.98 Å². The number of benzene rings is 2. The van der Waals surface area contributed by atoms with Gasteiger partial charge in [0, 0.05) is 30.6 Å². The van der Waals surface area contributed by atoms with Crippen LogP contribution in [0.4, 0.5) is 13.2 Å². The molecule has 0 unspecified atom stereocenters. The van der Waals surface area contributed by atoms with Crippen molar-refractivity contribution in [2.45, 2.75) is 19.1 Å². The zero-order chi connectivity index (χ0) is 17.6. The Labute approximate surface area is 143 Å². The largest absolute Gasteiger partial charge is 0.416 e. The predicted octanol–water partition coefficient (Wildman–Crippen LogP) is 4.91. The fraction of sp³-hybridized carbons (Fsp3) is 0.250. The molecule has 0 amide bonds. The van der Waals surface area contributed by atoms with E-state index in [-0.39, 0.29) is 0 Å². The van der Waals surface area contributed by atoms with Crippen LogP contribution in [0.2, 0.25) is 0 Å². The van der Waals surface area contributed by atoms with Gasteiger partial charge in [0.15, 0.2) is 0 Å². The van der Waals surface area contributed by atoms with E-state index in [1.165, 1.54) is 12.1 Å². The van der Waals surface area contributed by atoms with E-state index < -0.39 is 11.7 Å². The number of pyridine rings is 1. The maximum Gasteiger partial charge on any atom is 0.416 e. The molecule has 3 aromatic rings. The van der Waals surface area contributed by atoms with Gasteiger partial charge in [-0.2, -0.15) is 13.2 Å². The summed E-state index contributed by atoms with van der Waals surface area (Å²) in [4.78, 5) is 6.84. The lowest BCUT2D eigenvalue weighted by atomic mass is 9.90. The van der Waals surface area contributed by atoms with Gasteiger partial charge in [-0.05, 0) is 41.9 Å². The molecule has 1 aromatic heterocycles. The molecule has 1 aliphatic heterocycles. The van der Waals surface area contributed by atoms with Crippen LogP contribution in [0.15, 0.2) is 48.5 Å². The molecule has 0 saturated heterocycles. The summed E-state index contributed by atoms with van der Waals surface area (Å²) in [6.07, 6.45) is -3.56. The van der Waals surface area contributed by atoms with Crippen LogP contribution in [0.5, 0.6) is 0 Å². The van der Waals surface area contributed by atoms with Gasteiger partial charge in [-0.1, -0.05) is 30.3 Å². The topological polar surface area (TPSA) is 16.1 Å². The van der Waals surface area contributed by atoms with Crippen LogP contribution in [-0.2, 0) is 19.1 Å². The Morgan fingerprint density at radius 2 is 1.80 bits per heavy atom. The Morgan fingerprint density at radius 3 is 2.52 bits per heavy atom. The van der Waals surface area contributed by atoms with Gasteiger partial charge in [0.1, 0.15) is 0 Å². The van der Waals surface area contributed by atoms with E-state index in [1.54, 1.807) is 0 Å². The van der Waals surface area contributed by atoms with Crippen molar-refractivity contribution in [2.75, 3.05) is 13.6 Å². The first-order valence-electron chi connectivity index (χ1n) is 8.20. The van der Waals surface area contributed by atoms with Gasteiger partial charge in [0.25, 0.3) is 0 Å². The molecule has 4 rings (SSSR count). The SMILES string of the molecule is CN1CCc2nc3ccc(C(F)(F)F)cc3c(-c3ccccc3)c2C1. The van der Waals surface area contributed by atoms with Crippen molar-refractivity contribution < 1.29 is 13.2 Å². The van der Waals surface area contributed by atoms with Gasteiger partial charge < -0.3 is 4.90 Å². The summed E-state index contributed by atoms with van der Waals surface area (Å²) < 4.78 is 39.7. The molecule has 0 atom stereocenters. The number of likely N-dealkylation sites (N-methyl/N-ethyl adjacent to an activating group) is 1. The highest BCUT2D eigenvalue weighted by Crippen LogP contribution is 2.38. The van der Waals surface area contributed by atoms with Gasteiger partial charge in [-0.15, -0.1) is 0 Å². The number of fused-ring (bicyclic) bond motifs is 2. The molecule has 5 heteroatoms. The van der Waals surface area contributed by atoms with Gasteiger partial charge >= 0.3 is 6.18 Å². The third kappa shape index (κ3) is 2.89. The second-order valence-electron chi connectivity index (χ2n) is 6.50. The second kappa shape index (κ2) is 5.85. The van der Waals surface area contributed by atoms with Crippen molar-refractivity contribution in [1.82, 2.24) is 9.88 Å². The number of alkyl halides is 3. The van der Waals surface area contributed by atoms with E-state index in [2.05, 4.69) is 9.88 Å². The quantitative estimate of drug-likeness (QED) is 0.625. The first-order valence-corrected chi connectivity index (χ1v) is 8.20. The monoisotopic (exact) mass is 342 g/mol. The fourth-order valence-electron chi connectivity index (χ4n) is 3.49. The Hall–Kier alpha value is -2.40. The van der Waals surface area contributed by atoms with Gasteiger partial charge in [0.2, 0.25) is 0 Å². The van der Waals surface area contributed by atoms with Crippen molar-refractivity contribution in [2.24, 2.45) is 0 Å². The van der Waals surface area contributed by atoms with E-state index in [0.29, 0.717) is 17.4 Å². The predicted molar refractivity (Wildman–Crippen MR) is 92.2 cm³/mol. The molecular formula is C20H17F3N2. The lowest BCUT2D eigenvalue weighted by Crippen LogP contribution is -2.28. The first-order chi connectivity index (χ1) is 11.9. The lowest BCUT2D eigenvalue weighted by Gasteiger charge is -2.27. The molecule has 2 heterocycles. The smallest absolute Gasteiger partial charge is 0.302 e. The summed E-state index contributed by atoms with van der Waals surface area (Å²) in [6, 6.07) is 13.5. The van der Waals surface area contributed by atoms with Gasteiger partial charge in [-0.25, -0.2) is 0 Å². The van der Waals surface area contributed by atoms with Gasteiger partial charge in [0.05, 0.1) is 11.1 Å². The molecule has 0 spiro atoms. The average Bonchev–Trinajstić information content (AvgIpc) is 2.59. The van der Waals surface area contributed by atoms with E-state index in [4.69, 9.17) is 0 Å². The fourth-order valence-corrected chi connectivity index (χ4v) is 3.49. The summed E-state index contributed by atoms with van der Waals surface area (Å²) in [5, 5.41) is 0.565. The molecule has 1 aliphatic rings. The number of rotatable bonds is 1. The number of hydrogen-bond acceptors (Lipinski definition) is 2. The molecule has 2 nitrogen and oxygen atoms in total. The normalized spacial score (nSPS) is 15.4. The molecule has 0 fully saturated rings. The minimum atomic E-state index is -4.37. The van der Waals surface area contributed by atoms with Crippen molar-refractivity contribution >= 4 is 10.9 Å². The Bertz CT molecular complexity index is 933. The van der Waals surface area contributed by atoms with Crippen LogP contribution in [0.25, 0.3) is 22.0 Å². The van der Waals surface area contributed by atoms with Crippen LogP contribution in [0.1, 0.15) is 16.8 Å². The summed E-state index contributed by atoms with van der Waals surface area (Å²) in [5.74, 6) is 0. The Balaban J connectivity index is 2.07. The highest BCUT2D eigenvalue weighted by Gasteiger charge is 2.31. The third-order valence-electron chi connectivity index (χ3n) is 4.72. The van der Waals surface area contributed by atoms with Crippen molar-refractivity contribution in [3.8, 4) is 11.1 Å². The summed E-state index contributed by atoms with van der Waals surface area (Å²) in [6.45, 7) is 1.60. The van der Waals surface area contributed by atoms with Crippen molar-refractivity contribution in [1.29, 1.82) is 0 Å². The molecular weight excluding hydrogens is 325 g/mol. The van der Waals surface area contributed by atoms with Crippen molar-refractivity contribution in [3.63, 3.8) is 0 Å². The first kappa shape index (κ1) is 16.1. The third-order valence-corrected chi connectivity index (χ3v) is 4.72. The second-order valence-corrected chi connectivity index (χ2v) is 6.50. The molecule has 128 valence electrons. The van der Waals surface area contributed by atoms with E-state index in [0.717, 1.165) is 41.4 Å². The van der Waals surface area contributed by atoms with E-state index >= 15 is 0 Å². The van der Waals surface area contributed by atoms with Crippen LogP contribution in [0, 0.1) is 0 Å². The minimum Gasteiger partial charge on any atom is -0.302 e. The molecule has 0 aliphatic carbocycles. The molecule has 0 bridgehead atoms. The Morgan fingerprint density at radius 1 is 1.04 bits per heavy atom. The number of aromatic nitrogens is 1. The van der Waals surface area contributed by atoms with E-state index in [9.17, 15) is 13.2 Å². The van der Waals surface area contributed by atoms with Crippen molar-refractivity contribution in [3.05, 3.63) is 65.4 Å². The Kier molecular flexibility index (Phi) is 3.76. The highest BCUT2D eigenvalue weighted by molar-refractivity contribution is 5.97. The highest BCUT2D eigenvalue weighted by atomic mass is 19.4. The summed E-state index contributed by atoms with van der Waals surface area (Å²) in [7, 11) is 2.02. The summed E-state index contributed by atoms with van der Waals surface area (Å²) >= 11 is 0. The molecule has 0 N–H and O–H groups in total.